The van der Waals surface area contributed by atoms with Crippen molar-refractivity contribution in [2.75, 3.05) is 0 Å². The highest BCUT2D eigenvalue weighted by Crippen LogP contribution is 2.35. The number of rotatable bonds is 3. The maximum absolute atomic E-state index is 12.7. The van der Waals surface area contributed by atoms with Gasteiger partial charge in [0.15, 0.2) is 0 Å². The van der Waals surface area contributed by atoms with Crippen molar-refractivity contribution in [3.05, 3.63) is 60.2 Å². The van der Waals surface area contributed by atoms with E-state index in [2.05, 4.69) is 23.5 Å². The Morgan fingerprint density at radius 2 is 1.40 bits per heavy atom. The molecule has 0 saturated heterocycles. The van der Waals surface area contributed by atoms with Crippen LogP contribution in [0.5, 0.6) is 0 Å². The van der Waals surface area contributed by atoms with Crippen LogP contribution in [0, 0.1) is 0 Å². The summed E-state index contributed by atoms with van der Waals surface area (Å²) in [4.78, 5) is 24.0. The predicted octanol–water partition coefficient (Wildman–Crippen LogP) is 4.18. The van der Waals surface area contributed by atoms with Crippen LogP contribution >= 0.6 is 0 Å². The molecule has 0 aliphatic carbocycles. The molecule has 2 N–H and O–H groups in total. The van der Waals surface area contributed by atoms with E-state index in [1.165, 1.54) is 13.8 Å². The molecule has 4 aromatic rings. The molecule has 25 heavy (non-hydrogen) atoms. The van der Waals surface area contributed by atoms with E-state index in [0.29, 0.717) is 5.56 Å². The van der Waals surface area contributed by atoms with Crippen LogP contribution in [0.4, 0.5) is 0 Å². The lowest BCUT2D eigenvalue weighted by molar-refractivity contribution is -0.143. The summed E-state index contributed by atoms with van der Waals surface area (Å²) in [6.45, 7) is 2.95. The first kappa shape index (κ1) is 15.4. The van der Waals surface area contributed by atoms with Crippen LogP contribution in [0.25, 0.3) is 32.3 Å². The Kier molecular flexibility index (Phi) is 3.19. The third-order valence-corrected chi connectivity index (χ3v) is 4.73. The molecule has 0 aliphatic rings. The van der Waals surface area contributed by atoms with E-state index >= 15 is 0 Å². The number of carbonyl (C=O) groups is 2. The van der Waals surface area contributed by atoms with Gasteiger partial charge in [-0.25, -0.2) is 4.79 Å². The highest BCUT2D eigenvalue weighted by atomic mass is 16.4. The van der Waals surface area contributed by atoms with Crippen molar-refractivity contribution >= 4 is 44.2 Å². The molecule has 4 heteroatoms. The first-order valence-electron chi connectivity index (χ1n) is 8.11. The normalized spacial score (nSPS) is 12.1. The van der Waals surface area contributed by atoms with Gasteiger partial charge in [-0.1, -0.05) is 48.5 Å². The molecular formula is C21H17NO3. The summed E-state index contributed by atoms with van der Waals surface area (Å²) in [5, 5.41) is 18.2. The van der Waals surface area contributed by atoms with E-state index in [-0.39, 0.29) is 5.91 Å². The van der Waals surface area contributed by atoms with Crippen LogP contribution in [0.2, 0.25) is 0 Å². The van der Waals surface area contributed by atoms with Crippen LogP contribution in [0.15, 0.2) is 54.6 Å². The minimum atomic E-state index is -1.33. The van der Waals surface area contributed by atoms with E-state index in [1.54, 1.807) is 6.07 Å². The molecule has 1 amide bonds. The molecule has 0 heterocycles. The van der Waals surface area contributed by atoms with Crippen molar-refractivity contribution in [2.24, 2.45) is 0 Å². The Balaban J connectivity index is 1.96. The van der Waals surface area contributed by atoms with Crippen LogP contribution in [0.1, 0.15) is 24.2 Å². The molecule has 0 unspecified atom stereocenters. The summed E-state index contributed by atoms with van der Waals surface area (Å²) >= 11 is 0. The number of carboxylic acid groups (broad SMARTS) is 1. The molecule has 0 spiro atoms. The van der Waals surface area contributed by atoms with E-state index in [9.17, 15) is 14.7 Å². The monoisotopic (exact) mass is 331 g/mol. The Morgan fingerprint density at radius 3 is 2.04 bits per heavy atom. The van der Waals surface area contributed by atoms with Gasteiger partial charge in [0.2, 0.25) is 0 Å². The SMILES string of the molecule is CC(C)(NC(=O)c1ccc2ccc3cccc4ccc1c2c34)C(=O)O. The first-order valence-corrected chi connectivity index (χ1v) is 8.11. The van der Waals surface area contributed by atoms with Crippen LogP contribution in [-0.4, -0.2) is 22.5 Å². The number of carbonyl (C=O) groups excluding carboxylic acids is 1. The summed E-state index contributed by atoms with van der Waals surface area (Å²) in [6, 6.07) is 17.9. The molecule has 124 valence electrons. The second-order valence-corrected chi connectivity index (χ2v) is 6.85. The smallest absolute Gasteiger partial charge is 0.328 e. The summed E-state index contributed by atoms with van der Waals surface area (Å²) in [5.74, 6) is -1.45. The zero-order chi connectivity index (χ0) is 17.8. The quantitative estimate of drug-likeness (QED) is 0.554. The Labute approximate surface area is 144 Å². The van der Waals surface area contributed by atoms with Gasteiger partial charge in [0, 0.05) is 5.56 Å². The number of benzene rings is 4. The highest BCUT2D eigenvalue weighted by Gasteiger charge is 2.30. The second-order valence-electron chi connectivity index (χ2n) is 6.85. The standard InChI is InChI=1S/C21H17NO3/c1-21(2,20(24)25)22-19(23)16-11-9-14-7-6-12-4-3-5-13-8-10-15(16)18(14)17(12)13/h3-11H,1-2H3,(H,22,23)(H,24,25). The topological polar surface area (TPSA) is 66.4 Å². The van der Waals surface area contributed by atoms with Crippen molar-refractivity contribution in [3.63, 3.8) is 0 Å². The summed E-state index contributed by atoms with van der Waals surface area (Å²) in [6.07, 6.45) is 0. The van der Waals surface area contributed by atoms with Crippen molar-refractivity contribution < 1.29 is 14.7 Å². The van der Waals surface area contributed by atoms with Gasteiger partial charge in [0.1, 0.15) is 5.54 Å². The van der Waals surface area contributed by atoms with Crippen molar-refractivity contribution in [1.82, 2.24) is 5.32 Å². The fourth-order valence-corrected chi connectivity index (χ4v) is 3.34. The molecule has 0 saturated carbocycles. The van der Waals surface area contributed by atoms with E-state index in [1.807, 2.05) is 30.3 Å². The number of carboxylic acids is 1. The zero-order valence-corrected chi connectivity index (χ0v) is 14.0. The summed E-state index contributed by atoms with van der Waals surface area (Å²) in [5.41, 5.74) is -0.846. The maximum atomic E-state index is 12.7. The Bertz CT molecular complexity index is 1130. The molecule has 0 fully saturated rings. The third kappa shape index (κ3) is 2.30. The highest BCUT2D eigenvalue weighted by molar-refractivity contribution is 6.26. The molecule has 0 bridgehead atoms. The molecule has 0 radical (unpaired) electrons. The average Bonchev–Trinajstić information content (AvgIpc) is 2.59. The summed E-state index contributed by atoms with van der Waals surface area (Å²) in [7, 11) is 0. The molecule has 0 aliphatic heterocycles. The molecular weight excluding hydrogens is 314 g/mol. The van der Waals surface area contributed by atoms with E-state index in [4.69, 9.17) is 0 Å². The average molecular weight is 331 g/mol. The number of nitrogens with one attached hydrogen (secondary N) is 1. The fraction of sp³-hybridized carbons (Fsp3) is 0.143. The molecule has 0 aromatic heterocycles. The fourth-order valence-electron chi connectivity index (χ4n) is 3.34. The van der Waals surface area contributed by atoms with Gasteiger partial charge >= 0.3 is 5.97 Å². The molecule has 4 nitrogen and oxygen atoms in total. The second kappa shape index (κ2) is 5.18. The molecule has 0 atom stereocenters. The van der Waals surface area contributed by atoms with Gasteiger partial charge in [-0.3, -0.25) is 4.79 Å². The molecule has 4 aromatic carbocycles. The zero-order valence-electron chi connectivity index (χ0n) is 14.0. The lowest BCUT2D eigenvalue weighted by atomic mass is 9.91. The van der Waals surface area contributed by atoms with Crippen molar-refractivity contribution in [2.45, 2.75) is 19.4 Å². The van der Waals surface area contributed by atoms with Gasteiger partial charge in [0.05, 0.1) is 0 Å². The first-order chi connectivity index (χ1) is 11.9. The van der Waals surface area contributed by atoms with Gasteiger partial charge in [0.25, 0.3) is 5.91 Å². The lowest BCUT2D eigenvalue weighted by Gasteiger charge is -2.22. The minimum Gasteiger partial charge on any atom is -0.480 e. The van der Waals surface area contributed by atoms with E-state index in [0.717, 1.165) is 32.3 Å². The van der Waals surface area contributed by atoms with Gasteiger partial charge < -0.3 is 10.4 Å². The number of hydrogen-bond donors (Lipinski definition) is 2. The number of amides is 1. The minimum absolute atomic E-state index is 0.384. The third-order valence-electron chi connectivity index (χ3n) is 4.73. The van der Waals surface area contributed by atoms with Crippen LogP contribution in [-0.2, 0) is 4.79 Å². The number of hydrogen-bond acceptors (Lipinski definition) is 2. The Morgan fingerprint density at radius 1 is 0.840 bits per heavy atom. The van der Waals surface area contributed by atoms with Crippen molar-refractivity contribution in [3.8, 4) is 0 Å². The lowest BCUT2D eigenvalue weighted by Crippen LogP contribution is -2.49. The summed E-state index contributed by atoms with van der Waals surface area (Å²) < 4.78 is 0. The van der Waals surface area contributed by atoms with Crippen molar-refractivity contribution in [1.29, 1.82) is 0 Å². The largest absolute Gasteiger partial charge is 0.480 e. The predicted molar refractivity (Wildman–Crippen MR) is 99.3 cm³/mol. The van der Waals surface area contributed by atoms with Gasteiger partial charge in [-0.05, 0) is 52.2 Å². The maximum Gasteiger partial charge on any atom is 0.328 e. The van der Waals surface area contributed by atoms with E-state index < -0.39 is 11.5 Å². The molecule has 4 rings (SSSR count). The Hall–Kier alpha value is -3.14. The van der Waals surface area contributed by atoms with Gasteiger partial charge in [-0.15, -0.1) is 0 Å². The number of aliphatic carboxylic acids is 1. The van der Waals surface area contributed by atoms with Gasteiger partial charge in [-0.2, -0.15) is 0 Å². The van der Waals surface area contributed by atoms with Crippen LogP contribution in [0.3, 0.4) is 0 Å². The van der Waals surface area contributed by atoms with Crippen LogP contribution < -0.4 is 5.32 Å².